The number of carbonyl (C=O) groups excluding carboxylic acids is 1. The first-order valence-corrected chi connectivity index (χ1v) is 9.69. The first-order valence-electron chi connectivity index (χ1n) is 9.69. The van der Waals surface area contributed by atoms with Crippen molar-refractivity contribution in [1.82, 2.24) is 25.1 Å². The molecule has 1 aliphatic rings. The van der Waals surface area contributed by atoms with Gasteiger partial charge < -0.3 is 10.1 Å². The number of ether oxygens (including phenoxy) is 1. The van der Waals surface area contributed by atoms with Crippen LogP contribution in [0.25, 0.3) is 11.4 Å². The van der Waals surface area contributed by atoms with Gasteiger partial charge in [0.1, 0.15) is 6.54 Å². The van der Waals surface area contributed by atoms with Gasteiger partial charge in [-0.05, 0) is 35.4 Å². The molecule has 0 saturated carbocycles. The average Bonchev–Trinajstić information content (AvgIpc) is 3.17. The quantitative estimate of drug-likeness (QED) is 0.692. The molecular formula is C21H24N6O2. The Morgan fingerprint density at radius 3 is 2.69 bits per heavy atom. The Morgan fingerprint density at radius 1 is 1.14 bits per heavy atom. The molecule has 8 nitrogen and oxygen atoms in total. The van der Waals surface area contributed by atoms with Crippen molar-refractivity contribution in [2.24, 2.45) is 0 Å². The van der Waals surface area contributed by atoms with Crippen molar-refractivity contribution in [2.45, 2.75) is 20.0 Å². The maximum Gasteiger partial charge on any atom is 0.248 e. The van der Waals surface area contributed by atoms with Gasteiger partial charge in [-0.25, -0.2) is 0 Å². The lowest BCUT2D eigenvalue weighted by Gasteiger charge is -2.26. The van der Waals surface area contributed by atoms with Crippen molar-refractivity contribution in [3.63, 3.8) is 0 Å². The molecule has 0 unspecified atom stereocenters. The number of aryl methyl sites for hydroxylation is 1. The zero-order valence-corrected chi connectivity index (χ0v) is 16.4. The predicted molar refractivity (Wildman–Crippen MR) is 109 cm³/mol. The third-order valence-electron chi connectivity index (χ3n) is 4.76. The molecule has 1 fully saturated rings. The Bertz CT molecular complexity index is 963. The van der Waals surface area contributed by atoms with E-state index in [2.05, 4.69) is 37.8 Å². The van der Waals surface area contributed by atoms with E-state index in [-0.39, 0.29) is 12.5 Å². The molecule has 1 saturated heterocycles. The van der Waals surface area contributed by atoms with Crippen LogP contribution in [0, 0.1) is 6.92 Å². The van der Waals surface area contributed by atoms with E-state index >= 15 is 0 Å². The number of anilines is 1. The Kier molecular flexibility index (Phi) is 5.92. The van der Waals surface area contributed by atoms with Crippen LogP contribution in [0.1, 0.15) is 11.1 Å². The van der Waals surface area contributed by atoms with Gasteiger partial charge in [-0.3, -0.25) is 9.69 Å². The van der Waals surface area contributed by atoms with E-state index in [1.54, 1.807) is 0 Å². The van der Waals surface area contributed by atoms with Gasteiger partial charge in [0.05, 0.1) is 13.2 Å². The fourth-order valence-electron chi connectivity index (χ4n) is 3.25. The summed E-state index contributed by atoms with van der Waals surface area (Å²) in [6, 6.07) is 15.8. The Balaban J connectivity index is 1.35. The zero-order valence-electron chi connectivity index (χ0n) is 16.4. The van der Waals surface area contributed by atoms with Gasteiger partial charge in [0, 0.05) is 30.9 Å². The lowest BCUT2D eigenvalue weighted by atomic mass is 10.1. The topological polar surface area (TPSA) is 85.2 Å². The van der Waals surface area contributed by atoms with Crippen molar-refractivity contribution in [3.8, 4) is 11.4 Å². The largest absolute Gasteiger partial charge is 0.379 e. The molecule has 0 radical (unpaired) electrons. The number of hydrogen-bond acceptors (Lipinski definition) is 6. The van der Waals surface area contributed by atoms with E-state index in [0.717, 1.165) is 49.7 Å². The molecule has 150 valence electrons. The highest BCUT2D eigenvalue weighted by molar-refractivity contribution is 5.90. The van der Waals surface area contributed by atoms with Gasteiger partial charge in [0.25, 0.3) is 0 Å². The molecule has 0 bridgehead atoms. The lowest BCUT2D eigenvalue weighted by molar-refractivity contribution is -0.117. The summed E-state index contributed by atoms with van der Waals surface area (Å²) in [6.07, 6.45) is 0. The fourth-order valence-corrected chi connectivity index (χ4v) is 3.25. The molecule has 1 aliphatic heterocycles. The third-order valence-corrected chi connectivity index (χ3v) is 4.76. The highest BCUT2D eigenvalue weighted by Gasteiger charge is 2.12. The molecule has 1 N–H and O–H groups in total. The van der Waals surface area contributed by atoms with Crippen LogP contribution < -0.4 is 5.32 Å². The molecule has 0 spiro atoms. The SMILES string of the molecule is Cc1cccc(NC(=O)Cn2nnc(-c3ccc(CN4CCOCC4)cc3)n2)c1. The second-order valence-electron chi connectivity index (χ2n) is 7.15. The highest BCUT2D eigenvalue weighted by Crippen LogP contribution is 2.16. The lowest BCUT2D eigenvalue weighted by Crippen LogP contribution is -2.35. The normalized spacial score (nSPS) is 14.7. The van der Waals surface area contributed by atoms with Gasteiger partial charge in [-0.1, -0.05) is 36.4 Å². The number of carbonyl (C=O) groups is 1. The van der Waals surface area contributed by atoms with Crippen molar-refractivity contribution < 1.29 is 9.53 Å². The predicted octanol–water partition coefficient (Wildman–Crippen LogP) is 2.12. The summed E-state index contributed by atoms with van der Waals surface area (Å²) in [5.41, 5.74) is 3.95. The third kappa shape index (κ3) is 5.24. The standard InChI is InChI=1S/C21H24N6O2/c1-16-3-2-4-19(13-16)22-20(28)15-27-24-21(23-25-27)18-7-5-17(6-8-18)14-26-9-11-29-12-10-26/h2-8,13H,9-12,14-15H2,1H3,(H,22,28). The van der Waals surface area contributed by atoms with Crippen LogP contribution in [0.3, 0.4) is 0 Å². The number of rotatable bonds is 6. The van der Waals surface area contributed by atoms with Crippen molar-refractivity contribution in [2.75, 3.05) is 31.6 Å². The minimum atomic E-state index is -0.194. The Labute approximate surface area is 169 Å². The smallest absolute Gasteiger partial charge is 0.248 e. The molecule has 29 heavy (non-hydrogen) atoms. The minimum Gasteiger partial charge on any atom is -0.379 e. The molecule has 1 amide bonds. The molecule has 8 heteroatoms. The van der Waals surface area contributed by atoms with E-state index in [1.807, 2.05) is 43.3 Å². The van der Waals surface area contributed by atoms with Gasteiger partial charge in [-0.15, -0.1) is 10.2 Å². The van der Waals surface area contributed by atoms with Crippen LogP contribution >= 0.6 is 0 Å². The minimum absolute atomic E-state index is 0.00998. The van der Waals surface area contributed by atoms with E-state index in [9.17, 15) is 4.79 Å². The number of nitrogens with zero attached hydrogens (tertiary/aromatic N) is 5. The van der Waals surface area contributed by atoms with Gasteiger partial charge >= 0.3 is 0 Å². The van der Waals surface area contributed by atoms with Crippen molar-refractivity contribution in [1.29, 1.82) is 0 Å². The molecule has 0 aliphatic carbocycles. The van der Waals surface area contributed by atoms with Gasteiger partial charge in [0.2, 0.25) is 11.7 Å². The van der Waals surface area contributed by atoms with Crippen LogP contribution in [-0.4, -0.2) is 57.3 Å². The number of aromatic nitrogens is 4. The van der Waals surface area contributed by atoms with Gasteiger partial charge in [0.15, 0.2) is 0 Å². The summed E-state index contributed by atoms with van der Waals surface area (Å²) in [7, 11) is 0. The number of benzene rings is 2. The van der Waals surface area contributed by atoms with E-state index in [1.165, 1.54) is 10.4 Å². The van der Waals surface area contributed by atoms with Crippen LogP contribution in [0.4, 0.5) is 5.69 Å². The summed E-state index contributed by atoms with van der Waals surface area (Å²) in [5.74, 6) is 0.312. The first kappa shape index (κ1) is 19.2. The summed E-state index contributed by atoms with van der Waals surface area (Å²) in [6.45, 7) is 6.40. The molecule has 2 heterocycles. The average molecular weight is 392 g/mol. The number of tetrazole rings is 1. The first-order chi connectivity index (χ1) is 14.2. The molecule has 0 atom stereocenters. The monoisotopic (exact) mass is 392 g/mol. The highest BCUT2D eigenvalue weighted by atomic mass is 16.5. The van der Waals surface area contributed by atoms with Crippen LogP contribution in [0.2, 0.25) is 0 Å². The Hall–Kier alpha value is -3.10. The fraction of sp³-hybridized carbons (Fsp3) is 0.333. The number of nitrogens with one attached hydrogen (secondary N) is 1. The van der Waals surface area contributed by atoms with E-state index in [4.69, 9.17) is 4.74 Å². The molecule has 1 aromatic heterocycles. The van der Waals surface area contributed by atoms with Crippen LogP contribution in [0.5, 0.6) is 0 Å². The second kappa shape index (κ2) is 8.93. The zero-order chi connectivity index (χ0) is 20.1. The maximum absolute atomic E-state index is 12.2. The van der Waals surface area contributed by atoms with E-state index in [0.29, 0.717) is 5.82 Å². The van der Waals surface area contributed by atoms with Crippen LogP contribution in [0.15, 0.2) is 48.5 Å². The molecule has 4 rings (SSSR count). The van der Waals surface area contributed by atoms with Crippen molar-refractivity contribution >= 4 is 11.6 Å². The summed E-state index contributed by atoms with van der Waals surface area (Å²) >= 11 is 0. The Morgan fingerprint density at radius 2 is 1.93 bits per heavy atom. The summed E-state index contributed by atoms with van der Waals surface area (Å²) in [5, 5.41) is 15.3. The van der Waals surface area contributed by atoms with Gasteiger partial charge in [-0.2, -0.15) is 4.80 Å². The van der Waals surface area contributed by atoms with Crippen molar-refractivity contribution in [3.05, 3.63) is 59.7 Å². The molecule has 2 aromatic carbocycles. The summed E-state index contributed by atoms with van der Waals surface area (Å²) < 4.78 is 5.39. The van der Waals surface area contributed by atoms with Crippen LogP contribution in [-0.2, 0) is 22.6 Å². The van der Waals surface area contributed by atoms with E-state index < -0.39 is 0 Å². The number of hydrogen-bond donors (Lipinski definition) is 1. The second-order valence-corrected chi connectivity index (χ2v) is 7.15. The molecule has 3 aromatic rings. The number of morpholine rings is 1. The maximum atomic E-state index is 12.2. The molecular weight excluding hydrogens is 368 g/mol. The summed E-state index contributed by atoms with van der Waals surface area (Å²) in [4.78, 5) is 15.9. The number of amides is 1.